The summed E-state index contributed by atoms with van der Waals surface area (Å²) >= 11 is 16.7. The molecule has 1 amide bonds. The number of carbonyl (C=O) groups excluding carboxylic acids is 1. The Hall–Kier alpha value is -0.840. The van der Waals surface area contributed by atoms with E-state index in [1.54, 1.807) is 23.1 Å². The van der Waals surface area contributed by atoms with Gasteiger partial charge in [0.2, 0.25) is 5.91 Å². The Balaban J connectivity index is 2.72. The largest absolute Gasteiger partial charge is 0.393 e. The molecule has 3 nitrogen and oxygen atoms in total. The van der Waals surface area contributed by atoms with Crippen molar-refractivity contribution in [2.75, 3.05) is 13.1 Å². The third-order valence-corrected chi connectivity index (χ3v) is 4.20. The van der Waals surface area contributed by atoms with Gasteiger partial charge in [0.1, 0.15) is 0 Å². The van der Waals surface area contributed by atoms with Gasteiger partial charge in [-0.15, -0.1) is 0 Å². The van der Waals surface area contributed by atoms with E-state index >= 15 is 0 Å². The van der Waals surface area contributed by atoms with Crippen molar-refractivity contribution in [1.82, 2.24) is 4.90 Å². The molecule has 0 spiro atoms. The fraction of sp³-hybridized carbons (Fsp3) is 0.429. The van der Waals surface area contributed by atoms with Crippen LogP contribution in [0.1, 0.15) is 19.4 Å². The van der Waals surface area contributed by atoms with E-state index in [-0.39, 0.29) is 18.2 Å². The van der Waals surface area contributed by atoms with Crippen LogP contribution in [-0.2, 0) is 11.2 Å². The number of nitrogens with two attached hydrogens (primary N) is 1. The molecule has 0 radical (unpaired) electrons. The Kier molecular flexibility index (Phi) is 6.72. The van der Waals surface area contributed by atoms with Gasteiger partial charge in [-0.25, -0.2) is 0 Å². The number of nitrogens with zero attached hydrogens (tertiary/aromatic N) is 1. The van der Waals surface area contributed by atoms with Gasteiger partial charge in [-0.3, -0.25) is 4.79 Å². The topological polar surface area (TPSA) is 46.3 Å². The molecule has 0 aliphatic rings. The van der Waals surface area contributed by atoms with Crippen LogP contribution in [0.4, 0.5) is 0 Å². The van der Waals surface area contributed by atoms with Crippen LogP contribution in [0.2, 0.25) is 10.0 Å². The minimum absolute atomic E-state index is 0.00251. The monoisotopic (exact) mass is 332 g/mol. The van der Waals surface area contributed by atoms with Gasteiger partial charge in [0, 0.05) is 19.0 Å². The van der Waals surface area contributed by atoms with Crippen molar-refractivity contribution < 1.29 is 4.79 Å². The summed E-state index contributed by atoms with van der Waals surface area (Å²) in [6.07, 6.45) is 0.286. The number of halogens is 2. The van der Waals surface area contributed by atoms with Gasteiger partial charge in [-0.2, -0.15) is 0 Å². The van der Waals surface area contributed by atoms with E-state index < -0.39 is 0 Å². The number of carbonyl (C=O) groups is 1. The average molecular weight is 333 g/mol. The highest BCUT2D eigenvalue weighted by Crippen LogP contribution is 2.23. The molecule has 1 atom stereocenters. The third-order valence-electron chi connectivity index (χ3n) is 3.05. The second kappa shape index (κ2) is 7.81. The standard InChI is InChI=1S/C14H18Cl2N2OS/c1-3-18(8-9(2)14(17)20)13(19)7-10-4-5-11(15)12(16)6-10/h4-6,9H,3,7-8H2,1-2H3,(H2,17,20). The number of likely N-dealkylation sites (N-methyl/N-ethyl adjacent to an activating group) is 1. The van der Waals surface area contributed by atoms with Crippen molar-refractivity contribution in [1.29, 1.82) is 0 Å². The highest BCUT2D eigenvalue weighted by Gasteiger charge is 2.17. The number of hydrogen-bond donors (Lipinski definition) is 1. The molecule has 110 valence electrons. The summed E-state index contributed by atoms with van der Waals surface area (Å²) in [5, 5.41) is 0.939. The second-order valence-corrected chi connectivity index (χ2v) is 5.95. The first-order valence-electron chi connectivity index (χ1n) is 6.36. The summed E-state index contributed by atoms with van der Waals surface area (Å²) in [6, 6.07) is 5.21. The Labute approximate surface area is 135 Å². The zero-order valence-corrected chi connectivity index (χ0v) is 13.9. The molecule has 0 fully saturated rings. The van der Waals surface area contributed by atoms with E-state index in [9.17, 15) is 4.79 Å². The number of hydrogen-bond acceptors (Lipinski definition) is 2. The summed E-state index contributed by atoms with van der Waals surface area (Å²) in [4.78, 5) is 14.4. The van der Waals surface area contributed by atoms with E-state index in [4.69, 9.17) is 41.2 Å². The summed E-state index contributed by atoms with van der Waals surface area (Å²) in [5.74, 6) is 0.0247. The fourth-order valence-corrected chi connectivity index (χ4v) is 2.16. The molecule has 0 aromatic heterocycles. The molecule has 2 N–H and O–H groups in total. The molecule has 1 rings (SSSR count). The van der Waals surface area contributed by atoms with Gasteiger partial charge in [-0.05, 0) is 24.6 Å². The lowest BCUT2D eigenvalue weighted by molar-refractivity contribution is -0.130. The zero-order valence-electron chi connectivity index (χ0n) is 11.5. The van der Waals surface area contributed by atoms with Crippen molar-refractivity contribution in [3.8, 4) is 0 Å². The summed E-state index contributed by atoms with van der Waals surface area (Å²) in [6.45, 7) is 5.00. The maximum atomic E-state index is 12.3. The first-order chi connectivity index (χ1) is 9.35. The van der Waals surface area contributed by atoms with E-state index in [2.05, 4.69) is 0 Å². The van der Waals surface area contributed by atoms with Gasteiger partial charge in [0.15, 0.2) is 0 Å². The fourth-order valence-electron chi connectivity index (χ4n) is 1.76. The normalized spacial score (nSPS) is 12.0. The Morgan fingerprint density at radius 2 is 2.05 bits per heavy atom. The van der Waals surface area contributed by atoms with E-state index in [0.29, 0.717) is 28.1 Å². The molecular weight excluding hydrogens is 315 g/mol. The molecule has 0 saturated heterocycles. The molecular formula is C14H18Cl2N2OS. The van der Waals surface area contributed by atoms with Crippen molar-refractivity contribution in [3.63, 3.8) is 0 Å². The number of thiocarbonyl (C=S) groups is 1. The molecule has 20 heavy (non-hydrogen) atoms. The molecule has 1 aromatic rings. The minimum Gasteiger partial charge on any atom is -0.393 e. The maximum Gasteiger partial charge on any atom is 0.227 e. The molecule has 1 aromatic carbocycles. The molecule has 0 aliphatic heterocycles. The van der Waals surface area contributed by atoms with E-state index in [1.165, 1.54) is 0 Å². The van der Waals surface area contributed by atoms with Crippen LogP contribution >= 0.6 is 35.4 Å². The van der Waals surface area contributed by atoms with Crippen LogP contribution in [0, 0.1) is 5.92 Å². The van der Waals surface area contributed by atoms with Crippen molar-refractivity contribution >= 4 is 46.3 Å². The van der Waals surface area contributed by atoms with Crippen LogP contribution in [0.25, 0.3) is 0 Å². The van der Waals surface area contributed by atoms with Crippen molar-refractivity contribution in [2.24, 2.45) is 11.7 Å². The Morgan fingerprint density at radius 1 is 1.40 bits per heavy atom. The molecule has 0 aliphatic carbocycles. The SMILES string of the molecule is CCN(CC(C)C(N)=S)C(=O)Cc1ccc(Cl)c(Cl)c1. The Morgan fingerprint density at radius 3 is 2.55 bits per heavy atom. The number of amides is 1. The van der Waals surface area contributed by atoms with Gasteiger partial charge in [0.25, 0.3) is 0 Å². The van der Waals surface area contributed by atoms with Crippen LogP contribution in [0.3, 0.4) is 0 Å². The lowest BCUT2D eigenvalue weighted by atomic mass is 10.1. The molecule has 0 saturated carbocycles. The van der Waals surface area contributed by atoms with Crippen molar-refractivity contribution in [2.45, 2.75) is 20.3 Å². The average Bonchev–Trinajstić information content (AvgIpc) is 2.39. The highest BCUT2D eigenvalue weighted by molar-refractivity contribution is 7.80. The second-order valence-electron chi connectivity index (χ2n) is 4.66. The molecule has 1 unspecified atom stereocenters. The first kappa shape index (κ1) is 17.2. The summed E-state index contributed by atoms with van der Waals surface area (Å²) in [5.41, 5.74) is 6.43. The smallest absolute Gasteiger partial charge is 0.227 e. The van der Waals surface area contributed by atoms with E-state index in [1.807, 2.05) is 13.8 Å². The predicted octanol–water partition coefficient (Wildman–Crippen LogP) is 3.31. The quantitative estimate of drug-likeness (QED) is 0.813. The lowest BCUT2D eigenvalue weighted by Crippen LogP contribution is -2.38. The zero-order chi connectivity index (χ0) is 15.3. The number of rotatable bonds is 6. The first-order valence-corrected chi connectivity index (χ1v) is 7.52. The van der Waals surface area contributed by atoms with Gasteiger partial charge < -0.3 is 10.6 Å². The van der Waals surface area contributed by atoms with Crippen LogP contribution < -0.4 is 5.73 Å². The Bertz CT molecular complexity index is 508. The van der Waals surface area contributed by atoms with Crippen LogP contribution in [0.15, 0.2) is 18.2 Å². The van der Waals surface area contributed by atoms with Gasteiger partial charge >= 0.3 is 0 Å². The predicted molar refractivity (Wildman–Crippen MR) is 88.4 cm³/mol. The van der Waals surface area contributed by atoms with Crippen LogP contribution in [-0.4, -0.2) is 28.9 Å². The van der Waals surface area contributed by atoms with Gasteiger partial charge in [-0.1, -0.05) is 48.4 Å². The lowest BCUT2D eigenvalue weighted by Gasteiger charge is -2.24. The van der Waals surface area contributed by atoms with Gasteiger partial charge in [0.05, 0.1) is 21.5 Å². The summed E-state index contributed by atoms with van der Waals surface area (Å²) in [7, 11) is 0. The molecule has 0 heterocycles. The van der Waals surface area contributed by atoms with Crippen molar-refractivity contribution in [3.05, 3.63) is 33.8 Å². The number of benzene rings is 1. The maximum absolute atomic E-state index is 12.3. The van der Waals surface area contributed by atoms with E-state index in [0.717, 1.165) is 5.56 Å². The highest BCUT2D eigenvalue weighted by atomic mass is 35.5. The summed E-state index contributed by atoms with van der Waals surface area (Å²) < 4.78 is 0. The molecule has 6 heteroatoms. The molecule has 0 bridgehead atoms. The third kappa shape index (κ3) is 4.93. The van der Waals surface area contributed by atoms with Crippen LogP contribution in [0.5, 0.6) is 0 Å². The minimum atomic E-state index is 0.00251.